The van der Waals surface area contributed by atoms with E-state index in [9.17, 15) is 8.42 Å². The molecule has 0 bridgehead atoms. The van der Waals surface area contributed by atoms with Crippen LogP contribution < -0.4 is 4.72 Å². The van der Waals surface area contributed by atoms with Crippen LogP contribution in [0.1, 0.15) is 47.5 Å². The summed E-state index contributed by atoms with van der Waals surface area (Å²) < 4.78 is 26.7. The summed E-state index contributed by atoms with van der Waals surface area (Å²) in [5.74, 6) is 0.433. The van der Waals surface area contributed by atoms with Crippen molar-refractivity contribution >= 4 is 21.6 Å². The minimum absolute atomic E-state index is 0.124. The van der Waals surface area contributed by atoms with Gasteiger partial charge in [0.15, 0.2) is 0 Å². The van der Waals surface area contributed by atoms with Crippen LogP contribution in [-0.4, -0.2) is 25.6 Å². The molecule has 16 heavy (non-hydrogen) atoms. The first kappa shape index (κ1) is 16.2. The zero-order chi connectivity index (χ0) is 13.0. The Morgan fingerprint density at radius 1 is 1.12 bits per heavy atom. The van der Waals surface area contributed by atoms with E-state index in [1.165, 1.54) is 0 Å². The normalized spacial score (nSPS) is 14.1. The highest BCUT2D eigenvalue weighted by Gasteiger charge is 2.32. The zero-order valence-corrected chi connectivity index (χ0v) is 12.5. The molecule has 3 nitrogen and oxygen atoms in total. The predicted molar refractivity (Wildman–Crippen MR) is 70.4 cm³/mol. The third-order valence-corrected chi connectivity index (χ3v) is 5.11. The molecule has 1 N–H and O–H groups in total. The van der Waals surface area contributed by atoms with Crippen molar-refractivity contribution in [2.45, 2.75) is 53.0 Å². The smallest absolute Gasteiger partial charge is 0.212 e. The molecule has 0 saturated carbocycles. The summed E-state index contributed by atoms with van der Waals surface area (Å²) in [4.78, 5) is 0. The molecule has 0 atom stereocenters. The summed E-state index contributed by atoms with van der Waals surface area (Å²) >= 11 is 5.87. The van der Waals surface area contributed by atoms with Crippen molar-refractivity contribution < 1.29 is 8.42 Å². The van der Waals surface area contributed by atoms with Gasteiger partial charge in [0.05, 0.1) is 5.75 Å². The molecule has 0 heterocycles. The fourth-order valence-electron chi connectivity index (χ4n) is 1.55. The second kappa shape index (κ2) is 5.69. The van der Waals surface area contributed by atoms with Crippen molar-refractivity contribution in [2.75, 3.05) is 11.6 Å². The third kappa shape index (κ3) is 5.51. The van der Waals surface area contributed by atoms with Gasteiger partial charge in [0.1, 0.15) is 0 Å². The van der Waals surface area contributed by atoms with Gasteiger partial charge in [0.25, 0.3) is 0 Å². The largest absolute Gasteiger partial charge is 0.212 e. The van der Waals surface area contributed by atoms with Gasteiger partial charge < -0.3 is 0 Å². The van der Waals surface area contributed by atoms with Crippen LogP contribution in [0.2, 0.25) is 0 Å². The first-order valence-corrected chi connectivity index (χ1v) is 7.86. The number of alkyl halides is 1. The van der Waals surface area contributed by atoms with Gasteiger partial charge >= 0.3 is 0 Å². The van der Waals surface area contributed by atoms with E-state index >= 15 is 0 Å². The fraction of sp³-hybridized carbons (Fsp3) is 1.00. The van der Waals surface area contributed by atoms with Gasteiger partial charge in [-0.25, -0.2) is 13.1 Å². The highest BCUT2D eigenvalue weighted by atomic mass is 35.5. The van der Waals surface area contributed by atoms with Crippen LogP contribution >= 0.6 is 11.6 Å². The van der Waals surface area contributed by atoms with Crippen LogP contribution in [0.3, 0.4) is 0 Å². The lowest BCUT2D eigenvalue weighted by atomic mass is 9.97. The van der Waals surface area contributed by atoms with Gasteiger partial charge in [0, 0.05) is 11.4 Å². The van der Waals surface area contributed by atoms with E-state index in [-0.39, 0.29) is 11.2 Å². The number of nitrogens with one attached hydrogen (secondary N) is 1. The number of rotatable bonds is 6. The maximum Gasteiger partial charge on any atom is 0.212 e. The fourth-order valence-corrected chi connectivity index (χ4v) is 4.30. The van der Waals surface area contributed by atoms with Gasteiger partial charge in [-0.05, 0) is 18.3 Å². The molecule has 0 rings (SSSR count). The number of hydrogen-bond donors (Lipinski definition) is 1. The minimum atomic E-state index is -3.27. The second-order valence-corrected chi connectivity index (χ2v) is 7.53. The lowest BCUT2D eigenvalue weighted by Gasteiger charge is -2.31. The Morgan fingerprint density at radius 2 is 1.56 bits per heavy atom. The van der Waals surface area contributed by atoms with Crippen molar-refractivity contribution in [2.24, 2.45) is 5.41 Å². The Bertz CT molecular complexity index is 294. The van der Waals surface area contributed by atoms with Gasteiger partial charge in [-0.15, -0.1) is 11.6 Å². The molecule has 0 aromatic carbocycles. The Kier molecular flexibility index (Phi) is 5.77. The van der Waals surface area contributed by atoms with Crippen molar-refractivity contribution in [3.05, 3.63) is 0 Å². The average molecular weight is 270 g/mol. The molecular weight excluding hydrogens is 246 g/mol. The molecule has 0 amide bonds. The molecule has 0 saturated heterocycles. The SMILES string of the molecule is CCC(CC)(CCl)NS(=O)(=O)CC(C)(C)C. The summed E-state index contributed by atoms with van der Waals surface area (Å²) in [6.07, 6.45) is 1.41. The molecule has 0 radical (unpaired) electrons. The summed E-state index contributed by atoms with van der Waals surface area (Å²) in [6, 6.07) is 0. The topological polar surface area (TPSA) is 46.2 Å². The van der Waals surface area contributed by atoms with E-state index in [1.807, 2.05) is 34.6 Å². The van der Waals surface area contributed by atoms with E-state index < -0.39 is 15.6 Å². The van der Waals surface area contributed by atoms with Crippen molar-refractivity contribution in [3.63, 3.8) is 0 Å². The molecule has 0 aliphatic carbocycles. The van der Waals surface area contributed by atoms with E-state index in [4.69, 9.17) is 11.6 Å². The Morgan fingerprint density at radius 3 is 1.81 bits per heavy atom. The van der Waals surface area contributed by atoms with E-state index in [0.717, 1.165) is 0 Å². The van der Waals surface area contributed by atoms with Gasteiger partial charge in [-0.2, -0.15) is 0 Å². The monoisotopic (exact) mass is 269 g/mol. The van der Waals surface area contributed by atoms with Gasteiger partial charge in [-0.1, -0.05) is 34.6 Å². The van der Waals surface area contributed by atoms with Crippen LogP contribution in [-0.2, 0) is 10.0 Å². The molecule has 0 unspecified atom stereocenters. The third-order valence-electron chi connectivity index (χ3n) is 2.60. The first-order valence-electron chi connectivity index (χ1n) is 5.67. The number of hydrogen-bond acceptors (Lipinski definition) is 2. The predicted octanol–water partition coefficient (Wildman–Crippen LogP) is 2.75. The molecule has 0 spiro atoms. The average Bonchev–Trinajstić information content (AvgIpc) is 2.10. The van der Waals surface area contributed by atoms with Crippen LogP contribution in [0, 0.1) is 5.41 Å². The summed E-state index contributed by atoms with van der Waals surface area (Å²) in [7, 11) is -3.27. The van der Waals surface area contributed by atoms with Gasteiger partial charge in [-0.3, -0.25) is 0 Å². The summed E-state index contributed by atoms with van der Waals surface area (Å²) in [5, 5.41) is 0. The van der Waals surface area contributed by atoms with Crippen molar-refractivity contribution in [3.8, 4) is 0 Å². The maximum absolute atomic E-state index is 12.0. The zero-order valence-electron chi connectivity index (χ0n) is 10.9. The molecule has 0 aliphatic rings. The highest BCUT2D eigenvalue weighted by molar-refractivity contribution is 7.89. The molecule has 0 aromatic heterocycles. The van der Waals surface area contributed by atoms with Crippen molar-refractivity contribution in [1.82, 2.24) is 4.72 Å². The molecule has 0 fully saturated rings. The first-order chi connectivity index (χ1) is 7.10. The highest BCUT2D eigenvalue weighted by Crippen LogP contribution is 2.21. The lowest BCUT2D eigenvalue weighted by Crippen LogP contribution is -2.51. The van der Waals surface area contributed by atoms with Crippen LogP contribution in [0.4, 0.5) is 0 Å². The molecule has 0 aliphatic heterocycles. The Labute approximate surface area is 105 Å². The number of sulfonamides is 1. The van der Waals surface area contributed by atoms with Crippen LogP contribution in [0.15, 0.2) is 0 Å². The molecular formula is C11H24ClNO2S. The standard InChI is InChI=1S/C11H24ClNO2S/c1-6-11(7-2,8-12)13-16(14,15)9-10(3,4)5/h13H,6-9H2,1-5H3. The summed E-state index contributed by atoms with van der Waals surface area (Å²) in [5.41, 5.74) is -0.739. The molecule has 98 valence electrons. The maximum atomic E-state index is 12.0. The van der Waals surface area contributed by atoms with E-state index in [2.05, 4.69) is 4.72 Å². The van der Waals surface area contributed by atoms with Crippen molar-refractivity contribution in [1.29, 1.82) is 0 Å². The minimum Gasteiger partial charge on any atom is -0.212 e. The quantitative estimate of drug-likeness (QED) is 0.754. The molecule has 5 heteroatoms. The van der Waals surface area contributed by atoms with Crippen LogP contribution in [0.5, 0.6) is 0 Å². The summed E-state index contributed by atoms with van der Waals surface area (Å²) in [6.45, 7) is 9.63. The Hall–Kier alpha value is 0.200. The number of halogens is 1. The molecule has 0 aromatic rings. The second-order valence-electron chi connectivity index (χ2n) is 5.54. The Balaban J connectivity index is 4.81. The van der Waals surface area contributed by atoms with E-state index in [1.54, 1.807) is 0 Å². The lowest BCUT2D eigenvalue weighted by molar-refractivity contribution is 0.385. The van der Waals surface area contributed by atoms with Gasteiger partial charge in [0.2, 0.25) is 10.0 Å². The van der Waals surface area contributed by atoms with E-state index in [0.29, 0.717) is 18.7 Å². The van der Waals surface area contributed by atoms with Crippen LogP contribution in [0.25, 0.3) is 0 Å².